The van der Waals surface area contributed by atoms with E-state index < -0.39 is 0 Å². The van der Waals surface area contributed by atoms with Crippen LogP contribution in [0.2, 0.25) is 0 Å². The first kappa shape index (κ1) is 11.3. The first-order chi connectivity index (χ1) is 7.70. The molecule has 1 aliphatic heterocycles. The Morgan fingerprint density at radius 3 is 2.81 bits per heavy atom. The topological polar surface area (TPSA) is 69.5 Å². The summed E-state index contributed by atoms with van der Waals surface area (Å²) in [5.41, 5.74) is 0.578. The molecule has 1 fully saturated rings. The summed E-state index contributed by atoms with van der Waals surface area (Å²) in [4.78, 5) is 2.12. The van der Waals surface area contributed by atoms with Gasteiger partial charge in [0.1, 0.15) is 0 Å². The minimum atomic E-state index is -0.207. The Morgan fingerprint density at radius 2 is 2.25 bits per heavy atom. The Balaban J connectivity index is 2.06. The molecule has 0 radical (unpaired) electrons. The van der Waals surface area contributed by atoms with E-state index in [4.69, 9.17) is 5.11 Å². The largest absolute Gasteiger partial charge is 0.393 e. The number of aliphatic hydroxyl groups excluding tert-OH is 2. The van der Waals surface area contributed by atoms with E-state index in [-0.39, 0.29) is 18.6 Å². The second kappa shape index (κ2) is 4.76. The van der Waals surface area contributed by atoms with Crippen molar-refractivity contribution in [2.45, 2.75) is 26.1 Å². The zero-order valence-electron chi connectivity index (χ0n) is 9.37. The minimum absolute atomic E-state index is 0.0810. The standard InChI is InChI=1S/C11H17N3O2/c1-8-6-14(5-4-10(8)16)11-3-2-9(7-15)12-13-11/h2-3,8,10,15-16H,4-7H2,1H3. The van der Waals surface area contributed by atoms with Crippen LogP contribution in [-0.4, -0.2) is 39.6 Å². The zero-order chi connectivity index (χ0) is 11.5. The van der Waals surface area contributed by atoms with E-state index in [0.29, 0.717) is 5.69 Å². The molecule has 5 nitrogen and oxygen atoms in total. The number of rotatable bonds is 2. The highest BCUT2D eigenvalue weighted by Gasteiger charge is 2.24. The van der Waals surface area contributed by atoms with Crippen molar-refractivity contribution in [1.29, 1.82) is 0 Å². The lowest BCUT2D eigenvalue weighted by Crippen LogP contribution is -2.42. The predicted molar refractivity (Wildman–Crippen MR) is 60.0 cm³/mol. The summed E-state index contributed by atoms with van der Waals surface area (Å²) in [6.07, 6.45) is 0.561. The molecule has 2 unspecified atom stereocenters. The molecular formula is C11H17N3O2. The first-order valence-corrected chi connectivity index (χ1v) is 5.57. The number of nitrogens with zero attached hydrogens (tertiary/aromatic N) is 3. The summed E-state index contributed by atoms with van der Waals surface area (Å²) < 4.78 is 0. The van der Waals surface area contributed by atoms with E-state index in [0.717, 1.165) is 25.3 Å². The van der Waals surface area contributed by atoms with Gasteiger partial charge in [-0.3, -0.25) is 0 Å². The number of anilines is 1. The van der Waals surface area contributed by atoms with Crippen LogP contribution in [0.1, 0.15) is 19.0 Å². The van der Waals surface area contributed by atoms with Crippen molar-refractivity contribution < 1.29 is 10.2 Å². The number of hydrogen-bond donors (Lipinski definition) is 2. The van der Waals surface area contributed by atoms with Gasteiger partial charge in [-0.15, -0.1) is 5.10 Å². The maximum atomic E-state index is 9.63. The average molecular weight is 223 g/mol. The van der Waals surface area contributed by atoms with Crippen molar-refractivity contribution in [3.05, 3.63) is 17.8 Å². The molecule has 2 atom stereocenters. The summed E-state index contributed by atoms with van der Waals surface area (Å²) in [5, 5.41) is 26.5. The molecule has 1 aliphatic rings. The highest BCUT2D eigenvalue weighted by atomic mass is 16.3. The highest BCUT2D eigenvalue weighted by Crippen LogP contribution is 2.21. The van der Waals surface area contributed by atoms with Crippen molar-refractivity contribution in [3.8, 4) is 0 Å². The molecule has 5 heteroatoms. The summed E-state index contributed by atoms with van der Waals surface area (Å²) in [6.45, 7) is 3.56. The monoisotopic (exact) mass is 223 g/mol. The van der Waals surface area contributed by atoms with E-state index in [2.05, 4.69) is 15.1 Å². The molecule has 2 rings (SSSR count). The third-order valence-electron chi connectivity index (χ3n) is 3.05. The highest BCUT2D eigenvalue weighted by molar-refractivity contribution is 5.38. The quantitative estimate of drug-likeness (QED) is 0.748. The van der Waals surface area contributed by atoms with E-state index in [1.807, 2.05) is 13.0 Å². The van der Waals surface area contributed by atoms with E-state index >= 15 is 0 Å². The van der Waals surface area contributed by atoms with Crippen LogP contribution in [0.3, 0.4) is 0 Å². The van der Waals surface area contributed by atoms with Crippen LogP contribution in [0.5, 0.6) is 0 Å². The van der Waals surface area contributed by atoms with Gasteiger partial charge in [-0.1, -0.05) is 6.92 Å². The molecule has 0 aliphatic carbocycles. The summed E-state index contributed by atoms with van der Waals surface area (Å²) in [7, 11) is 0. The van der Waals surface area contributed by atoms with Gasteiger partial charge in [0.15, 0.2) is 5.82 Å². The van der Waals surface area contributed by atoms with Crippen molar-refractivity contribution >= 4 is 5.82 Å². The molecule has 0 spiro atoms. The van der Waals surface area contributed by atoms with Gasteiger partial charge < -0.3 is 15.1 Å². The fourth-order valence-electron chi connectivity index (χ4n) is 1.95. The Morgan fingerprint density at radius 1 is 1.44 bits per heavy atom. The number of piperidine rings is 1. The van der Waals surface area contributed by atoms with Gasteiger partial charge in [-0.2, -0.15) is 5.10 Å². The van der Waals surface area contributed by atoms with Crippen molar-refractivity contribution in [2.75, 3.05) is 18.0 Å². The maximum absolute atomic E-state index is 9.63. The Labute approximate surface area is 94.7 Å². The van der Waals surface area contributed by atoms with Crippen LogP contribution in [0.15, 0.2) is 12.1 Å². The lowest BCUT2D eigenvalue weighted by atomic mass is 9.97. The van der Waals surface area contributed by atoms with Gasteiger partial charge in [-0.25, -0.2) is 0 Å². The van der Waals surface area contributed by atoms with E-state index in [1.54, 1.807) is 6.07 Å². The van der Waals surface area contributed by atoms with Crippen LogP contribution in [0, 0.1) is 5.92 Å². The van der Waals surface area contributed by atoms with E-state index in [9.17, 15) is 5.11 Å². The van der Waals surface area contributed by atoms with E-state index in [1.165, 1.54) is 0 Å². The van der Waals surface area contributed by atoms with Gasteiger partial charge in [-0.05, 0) is 24.5 Å². The van der Waals surface area contributed by atoms with Gasteiger partial charge in [0, 0.05) is 13.1 Å². The number of aromatic nitrogens is 2. The molecule has 0 saturated carbocycles. The molecule has 2 heterocycles. The molecule has 1 aromatic rings. The molecule has 0 aromatic carbocycles. The lowest BCUT2D eigenvalue weighted by molar-refractivity contribution is 0.0968. The summed E-state index contributed by atoms with van der Waals surface area (Å²) in [6, 6.07) is 3.64. The lowest BCUT2D eigenvalue weighted by Gasteiger charge is -2.34. The van der Waals surface area contributed by atoms with Crippen molar-refractivity contribution in [1.82, 2.24) is 10.2 Å². The minimum Gasteiger partial charge on any atom is -0.393 e. The maximum Gasteiger partial charge on any atom is 0.151 e. The van der Waals surface area contributed by atoms with Crippen molar-refractivity contribution in [3.63, 3.8) is 0 Å². The molecule has 16 heavy (non-hydrogen) atoms. The molecule has 0 amide bonds. The van der Waals surface area contributed by atoms with Crippen LogP contribution in [-0.2, 0) is 6.61 Å². The second-order valence-corrected chi connectivity index (χ2v) is 4.32. The van der Waals surface area contributed by atoms with Gasteiger partial charge >= 0.3 is 0 Å². The molecule has 0 bridgehead atoms. The van der Waals surface area contributed by atoms with Crippen LogP contribution >= 0.6 is 0 Å². The number of aliphatic hydroxyl groups is 2. The number of hydrogen-bond acceptors (Lipinski definition) is 5. The third-order valence-corrected chi connectivity index (χ3v) is 3.05. The zero-order valence-corrected chi connectivity index (χ0v) is 9.37. The van der Waals surface area contributed by atoms with Gasteiger partial charge in [0.25, 0.3) is 0 Å². The van der Waals surface area contributed by atoms with Gasteiger partial charge in [0.05, 0.1) is 18.4 Å². The fourth-order valence-corrected chi connectivity index (χ4v) is 1.95. The summed E-state index contributed by atoms with van der Waals surface area (Å²) in [5.74, 6) is 1.07. The predicted octanol–water partition coefficient (Wildman–Crippen LogP) is 0.176. The second-order valence-electron chi connectivity index (χ2n) is 4.32. The Bertz CT molecular complexity index is 342. The molecule has 1 saturated heterocycles. The van der Waals surface area contributed by atoms with Crippen LogP contribution in [0.4, 0.5) is 5.82 Å². The Hall–Kier alpha value is -1.20. The molecular weight excluding hydrogens is 206 g/mol. The average Bonchev–Trinajstić information content (AvgIpc) is 2.33. The third kappa shape index (κ3) is 2.31. The van der Waals surface area contributed by atoms with Crippen molar-refractivity contribution in [2.24, 2.45) is 5.92 Å². The normalized spacial score (nSPS) is 25.8. The first-order valence-electron chi connectivity index (χ1n) is 5.57. The molecule has 88 valence electrons. The van der Waals surface area contributed by atoms with Crippen LogP contribution in [0.25, 0.3) is 0 Å². The molecule has 2 N–H and O–H groups in total. The SMILES string of the molecule is CC1CN(c2ccc(CO)nn2)CCC1O. The smallest absolute Gasteiger partial charge is 0.151 e. The molecule has 1 aromatic heterocycles. The fraction of sp³-hybridized carbons (Fsp3) is 0.636. The Kier molecular flexibility index (Phi) is 3.36. The summed E-state index contributed by atoms with van der Waals surface area (Å²) >= 11 is 0. The van der Waals surface area contributed by atoms with Gasteiger partial charge in [0.2, 0.25) is 0 Å². The van der Waals surface area contributed by atoms with Crippen LogP contribution < -0.4 is 4.90 Å².